The lowest BCUT2D eigenvalue weighted by atomic mass is 9.83. The number of nitrogens with zero attached hydrogens (tertiary/aromatic N) is 2. The second-order valence-corrected chi connectivity index (χ2v) is 13.8. The van der Waals surface area contributed by atoms with Crippen LogP contribution in [0, 0.1) is 0 Å². The van der Waals surface area contributed by atoms with E-state index in [0.29, 0.717) is 0 Å². The zero-order chi connectivity index (χ0) is 35.3. The predicted molar refractivity (Wildman–Crippen MR) is 225 cm³/mol. The van der Waals surface area contributed by atoms with Crippen LogP contribution < -0.4 is 0 Å². The Kier molecular flexibility index (Phi) is 7.47. The minimum atomic E-state index is 0.867. The maximum Gasteiger partial charge on any atom is 0.114 e. The lowest BCUT2D eigenvalue weighted by Crippen LogP contribution is -1.99. The molecule has 10 rings (SSSR count). The lowest BCUT2D eigenvalue weighted by molar-refractivity contribution is 0.908. The number of hydrogen-bond acceptors (Lipinski definition) is 1. The molecule has 1 heterocycles. The number of benzene rings is 9. The van der Waals surface area contributed by atoms with Crippen molar-refractivity contribution in [3.63, 3.8) is 0 Å². The summed E-state index contributed by atoms with van der Waals surface area (Å²) in [6, 6.07) is 68.6. The first-order chi connectivity index (χ1) is 26.2. The van der Waals surface area contributed by atoms with Crippen LogP contribution in [0.2, 0.25) is 0 Å². The molecule has 0 aliphatic heterocycles. The third-order valence-electron chi connectivity index (χ3n) is 10.7. The average molecular weight is 677 g/mol. The summed E-state index contributed by atoms with van der Waals surface area (Å²) in [4.78, 5) is 4.91. The Morgan fingerprint density at radius 2 is 1.00 bits per heavy atom. The van der Waals surface area contributed by atoms with Crippen LogP contribution >= 0.6 is 0 Å². The first-order valence-corrected chi connectivity index (χ1v) is 18.4. The highest BCUT2D eigenvalue weighted by Gasteiger charge is 2.19. The van der Waals surface area contributed by atoms with Crippen molar-refractivity contribution in [2.24, 2.45) is 0 Å². The van der Waals surface area contributed by atoms with Crippen LogP contribution in [0.3, 0.4) is 0 Å². The van der Waals surface area contributed by atoms with Gasteiger partial charge in [-0.15, -0.1) is 0 Å². The molecule has 0 fully saturated rings. The molecule has 0 bridgehead atoms. The van der Waals surface area contributed by atoms with E-state index in [0.717, 1.165) is 29.0 Å². The maximum absolute atomic E-state index is 4.91. The van der Waals surface area contributed by atoms with Crippen LogP contribution in [-0.4, -0.2) is 9.55 Å². The van der Waals surface area contributed by atoms with Gasteiger partial charge in [-0.3, -0.25) is 4.57 Å². The van der Waals surface area contributed by atoms with Crippen LogP contribution in [0.15, 0.2) is 188 Å². The third-order valence-corrected chi connectivity index (χ3v) is 10.7. The third kappa shape index (κ3) is 5.22. The fourth-order valence-corrected chi connectivity index (χ4v) is 8.29. The van der Waals surface area contributed by atoms with Gasteiger partial charge in [-0.2, -0.15) is 0 Å². The van der Waals surface area contributed by atoms with Crippen molar-refractivity contribution in [2.45, 2.75) is 13.3 Å². The number of hydrogen-bond donors (Lipinski definition) is 0. The molecular formula is C51H36N2. The Labute approximate surface area is 309 Å². The summed E-state index contributed by atoms with van der Waals surface area (Å²) >= 11 is 0. The Balaban J connectivity index is 1.18. The molecule has 250 valence electrons. The molecule has 0 amide bonds. The van der Waals surface area contributed by atoms with Gasteiger partial charge in [0, 0.05) is 12.1 Å². The molecule has 0 aliphatic rings. The summed E-state index contributed by atoms with van der Waals surface area (Å²) in [5.74, 6) is 1.07. The number of imidazole rings is 1. The van der Waals surface area contributed by atoms with Crippen molar-refractivity contribution in [1.82, 2.24) is 9.55 Å². The zero-order valence-electron chi connectivity index (χ0n) is 29.5. The molecule has 0 saturated carbocycles. The molecule has 2 heteroatoms. The van der Waals surface area contributed by atoms with Gasteiger partial charge in [0.2, 0.25) is 0 Å². The summed E-state index contributed by atoms with van der Waals surface area (Å²) in [6.45, 7) is 2.17. The van der Waals surface area contributed by atoms with E-state index in [1.165, 1.54) is 76.8 Å². The summed E-state index contributed by atoms with van der Waals surface area (Å²) in [5.41, 5.74) is 13.1. The monoisotopic (exact) mass is 676 g/mol. The molecule has 1 aromatic heterocycles. The molecule has 0 unspecified atom stereocenters. The molecule has 0 saturated heterocycles. The second-order valence-electron chi connectivity index (χ2n) is 13.8. The lowest BCUT2D eigenvalue weighted by Gasteiger charge is -2.20. The van der Waals surface area contributed by atoms with Crippen molar-refractivity contribution in [3.05, 3.63) is 194 Å². The van der Waals surface area contributed by atoms with E-state index in [1.54, 1.807) is 0 Å². The first-order valence-electron chi connectivity index (χ1n) is 18.4. The summed E-state index contributed by atoms with van der Waals surface area (Å²) < 4.78 is 2.29. The molecule has 9 aromatic carbocycles. The normalized spacial score (nSPS) is 11.6. The summed E-state index contributed by atoms with van der Waals surface area (Å²) in [7, 11) is 0. The van der Waals surface area contributed by atoms with Crippen LogP contribution in [0.25, 0.3) is 93.5 Å². The number of aryl methyl sites for hydroxylation is 1. The second kappa shape index (κ2) is 12.8. The summed E-state index contributed by atoms with van der Waals surface area (Å²) in [5, 5.41) is 7.52. The highest BCUT2D eigenvalue weighted by Crippen LogP contribution is 2.46. The van der Waals surface area contributed by atoms with Gasteiger partial charge in [-0.1, -0.05) is 159 Å². The minimum Gasteiger partial charge on any atom is -0.296 e. The number of aromatic nitrogens is 2. The number of rotatable bonds is 6. The van der Waals surface area contributed by atoms with Crippen molar-refractivity contribution in [2.75, 3.05) is 0 Å². The van der Waals surface area contributed by atoms with Gasteiger partial charge in [-0.05, 0) is 113 Å². The molecule has 0 atom stereocenters. The van der Waals surface area contributed by atoms with Gasteiger partial charge in [0.1, 0.15) is 5.82 Å². The smallest absolute Gasteiger partial charge is 0.114 e. The van der Waals surface area contributed by atoms with Crippen molar-refractivity contribution in [1.29, 1.82) is 0 Å². The largest absolute Gasteiger partial charge is 0.296 e. The number of para-hydroxylation sites is 2. The van der Waals surface area contributed by atoms with Gasteiger partial charge in [-0.25, -0.2) is 4.98 Å². The van der Waals surface area contributed by atoms with Gasteiger partial charge < -0.3 is 0 Å². The van der Waals surface area contributed by atoms with Crippen molar-refractivity contribution < 1.29 is 0 Å². The molecule has 0 N–H and O–H groups in total. The molecule has 0 aliphatic carbocycles. The Morgan fingerprint density at radius 1 is 0.415 bits per heavy atom. The van der Waals surface area contributed by atoms with Crippen LogP contribution in [-0.2, 0) is 6.42 Å². The fraction of sp³-hybridized carbons (Fsp3) is 0.0392. The Hall–Kier alpha value is -6.77. The Bertz CT molecular complexity index is 2960. The van der Waals surface area contributed by atoms with Gasteiger partial charge in [0.15, 0.2) is 0 Å². The molecule has 0 spiro atoms. The van der Waals surface area contributed by atoms with Gasteiger partial charge in [0.05, 0.1) is 11.0 Å². The van der Waals surface area contributed by atoms with Crippen LogP contribution in [0.4, 0.5) is 0 Å². The van der Waals surface area contributed by atoms with Crippen LogP contribution in [0.1, 0.15) is 12.7 Å². The average Bonchev–Trinajstić information content (AvgIpc) is 3.62. The summed E-state index contributed by atoms with van der Waals surface area (Å²) in [6.07, 6.45) is 0.867. The minimum absolute atomic E-state index is 0.867. The van der Waals surface area contributed by atoms with E-state index >= 15 is 0 Å². The number of fused-ring (bicyclic) bond motifs is 4. The SMILES string of the molecule is CCc1nc2ccccc2n1-c1ccc(-c2cccc(-c3c4ccccc4c(-c4cccc5ccccc45)c4ccc(-c5ccccc5)cc34)c2)cc1. The molecule has 53 heavy (non-hydrogen) atoms. The van der Waals surface area contributed by atoms with E-state index < -0.39 is 0 Å². The van der Waals surface area contributed by atoms with E-state index in [9.17, 15) is 0 Å². The highest BCUT2D eigenvalue weighted by molar-refractivity contribution is 6.24. The molecule has 2 nitrogen and oxygen atoms in total. The maximum atomic E-state index is 4.91. The zero-order valence-corrected chi connectivity index (χ0v) is 29.5. The Morgan fingerprint density at radius 3 is 1.83 bits per heavy atom. The van der Waals surface area contributed by atoms with Gasteiger partial charge >= 0.3 is 0 Å². The predicted octanol–water partition coefficient (Wildman–Crippen LogP) is 13.7. The first kappa shape index (κ1) is 31.0. The van der Waals surface area contributed by atoms with Gasteiger partial charge in [0.25, 0.3) is 0 Å². The van der Waals surface area contributed by atoms with Crippen molar-refractivity contribution in [3.8, 4) is 50.2 Å². The molecule has 10 aromatic rings. The standard InChI is InChI=1S/C51H36N2/c1-2-49-52-47-24-10-11-25-48(47)53(49)40-29-26-35(27-30-40)37-18-12-19-39(32-37)50-43-21-8-9-22-44(43)51(42-23-13-17-36-16-6-7-20-41(36)42)45-31-28-38(33-46(45)50)34-14-4-3-5-15-34/h3-33H,2H2,1H3. The van der Waals surface area contributed by atoms with E-state index in [1.807, 2.05) is 0 Å². The highest BCUT2D eigenvalue weighted by atomic mass is 15.1. The van der Waals surface area contributed by atoms with E-state index in [2.05, 4.69) is 200 Å². The topological polar surface area (TPSA) is 17.8 Å². The van der Waals surface area contributed by atoms with E-state index in [4.69, 9.17) is 4.98 Å². The van der Waals surface area contributed by atoms with Crippen molar-refractivity contribution >= 4 is 43.4 Å². The fourth-order valence-electron chi connectivity index (χ4n) is 8.29. The van der Waals surface area contributed by atoms with E-state index in [-0.39, 0.29) is 0 Å². The molecule has 0 radical (unpaired) electrons. The molecular weight excluding hydrogens is 641 g/mol. The van der Waals surface area contributed by atoms with Crippen LogP contribution in [0.5, 0.6) is 0 Å². The quantitative estimate of drug-likeness (QED) is 0.160.